The first kappa shape index (κ1) is 16.9. The maximum Gasteiger partial charge on any atom is 0.00901 e. The lowest BCUT2D eigenvalue weighted by molar-refractivity contribution is 0.162. The van der Waals surface area contributed by atoms with E-state index in [0.717, 1.165) is 18.5 Å². The number of unbranched alkanes of at least 4 members (excludes halogenated alkanes) is 3. The Morgan fingerprint density at radius 3 is 2.00 bits per heavy atom. The third-order valence-electron chi connectivity index (χ3n) is 3.46. The minimum absolute atomic E-state index is 0.777. The molecule has 0 spiro atoms. The number of hydrogen-bond acceptors (Lipinski definition) is 2. The molecular formula is C15H34N2. The summed E-state index contributed by atoms with van der Waals surface area (Å²) in [5, 5.41) is 0. The van der Waals surface area contributed by atoms with Gasteiger partial charge in [-0.1, -0.05) is 40.5 Å². The predicted octanol–water partition coefficient (Wildman–Crippen LogP) is 3.65. The van der Waals surface area contributed by atoms with Gasteiger partial charge in [-0.15, -0.1) is 0 Å². The van der Waals surface area contributed by atoms with E-state index in [1.54, 1.807) is 0 Å². The van der Waals surface area contributed by atoms with Crippen molar-refractivity contribution in [3.05, 3.63) is 0 Å². The summed E-state index contributed by atoms with van der Waals surface area (Å²) in [5.74, 6) is 0.777. The van der Waals surface area contributed by atoms with Crippen molar-refractivity contribution < 1.29 is 0 Å². The highest BCUT2D eigenvalue weighted by molar-refractivity contribution is 4.70. The van der Waals surface area contributed by atoms with Crippen LogP contribution in [0.4, 0.5) is 0 Å². The number of nitrogens with zero attached hydrogens (tertiary/aromatic N) is 1. The van der Waals surface area contributed by atoms with Crippen LogP contribution >= 0.6 is 0 Å². The molecule has 0 saturated carbocycles. The molecule has 0 amide bonds. The molecule has 104 valence electrons. The Labute approximate surface area is 109 Å². The summed E-state index contributed by atoms with van der Waals surface area (Å²) in [6.07, 6.45) is 7.73. The van der Waals surface area contributed by atoms with Crippen molar-refractivity contribution in [2.75, 3.05) is 19.6 Å². The molecule has 0 heterocycles. The second-order valence-corrected chi connectivity index (χ2v) is 5.56. The van der Waals surface area contributed by atoms with Crippen LogP contribution in [0, 0.1) is 5.92 Å². The second kappa shape index (κ2) is 11.0. The Hall–Kier alpha value is -0.0800. The third-order valence-corrected chi connectivity index (χ3v) is 3.46. The molecule has 0 unspecified atom stereocenters. The number of hydrogen-bond donors (Lipinski definition) is 1. The molecule has 0 aliphatic rings. The molecule has 2 N–H and O–H groups in total. The fourth-order valence-corrected chi connectivity index (χ4v) is 2.51. The largest absolute Gasteiger partial charge is 0.330 e. The van der Waals surface area contributed by atoms with Crippen molar-refractivity contribution in [3.63, 3.8) is 0 Å². The van der Waals surface area contributed by atoms with Crippen molar-refractivity contribution in [1.29, 1.82) is 0 Å². The van der Waals surface area contributed by atoms with E-state index < -0.39 is 0 Å². The lowest BCUT2D eigenvalue weighted by Gasteiger charge is -2.32. The summed E-state index contributed by atoms with van der Waals surface area (Å²) in [4.78, 5) is 2.70. The van der Waals surface area contributed by atoms with Crippen molar-refractivity contribution >= 4 is 0 Å². The van der Waals surface area contributed by atoms with E-state index in [2.05, 4.69) is 32.6 Å². The molecule has 2 nitrogen and oxygen atoms in total. The minimum atomic E-state index is 0.777. The average molecular weight is 242 g/mol. The number of nitrogens with two attached hydrogens (primary N) is 1. The van der Waals surface area contributed by atoms with Gasteiger partial charge in [0.15, 0.2) is 0 Å². The molecule has 0 radical (unpaired) electrons. The lowest BCUT2D eigenvalue weighted by atomic mass is 10.1. The molecule has 0 aliphatic heterocycles. The van der Waals surface area contributed by atoms with Gasteiger partial charge in [-0.2, -0.15) is 0 Å². The quantitative estimate of drug-likeness (QED) is 0.560. The van der Waals surface area contributed by atoms with Crippen LogP contribution in [-0.2, 0) is 0 Å². The highest BCUT2D eigenvalue weighted by atomic mass is 15.1. The zero-order chi connectivity index (χ0) is 13.1. The summed E-state index contributed by atoms with van der Waals surface area (Å²) in [6, 6.07) is 0.784. The van der Waals surface area contributed by atoms with Gasteiger partial charge in [0, 0.05) is 12.6 Å². The van der Waals surface area contributed by atoms with Gasteiger partial charge in [0.05, 0.1) is 0 Å². The zero-order valence-corrected chi connectivity index (χ0v) is 12.5. The van der Waals surface area contributed by atoms with Crippen LogP contribution in [0.15, 0.2) is 0 Å². The molecule has 0 aromatic carbocycles. The van der Waals surface area contributed by atoms with E-state index in [4.69, 9.17) is 5.73 Å². The van der Waals surface area contributed by atoms with Crippen LogP contribution in [0.3, 0.4) is 0 Å². The molecule has 0 aromatic rings. The molecule has 0 fully saturated rings. The van der Waals surface area contributed by atoms with Crippen LogP contribution in [0.25, 0.3) is 0 Å². The summed E-state index contributed by atoms with van der Waals surface area (Å²) >= 11 is 0. The summed E-state index contributed by atoms with van der Waals surface area (Å²) in [5.41, 5.74) is 5.52. The molecule has 0 atom stereocenters. The molecule has 0 saturated heterocycles. The van der Waals surface area contributed by atoms with Gasteiger partial charge >= 0.3 is 0 Å². The molecule has 0 bridgehead atoms. The Bertz CT molecular complexity index is 153. The van der Waals surface area contributed by atoms with E-state index >= 15 is 0 Å². The fourth-order valence-electron chi connectivity index (χ4n) is 2.51. The highest BCUT2D eigenvalue weighted by Gasteiger charge is 2.15. The van der Waals surface area contributed by atoms with Gasteiger partial charge in [0.2, 0.25) is 0 Å². The SMILES string of the molecule is CCC(CC)N(CCCCCCN)CC(C)C. The van der Waals surface area contributed by atoms with Crippen molar-refractivity contribution in [3.8, 4) is 0 Å². The Morgan fingerprint density at radius 1 is 0.941 bits per heavy atom. The van der Waals surface area contributed by atoms with Crippen molar-refractivity contribution in [2.45, 2.75) is 72.3 Å². The van der Waals surface area contributed by atoms with Gasteiger partial charge in [-0.3, -0.25) is 0 Å². The summed E-state index contributed by atoms with van der Waals surface area (Å²) in [6.45, 7) is 12.7. The first-order valence-electron chi connectivity index (χ1n) is 7.59. The van der Waals surface area contributed by atoms with Gasteiger partial charge in [-0.25, -0.2) is 0 Å². The predicted molar refractivity (Wildman–Crippen MR) is 78.3 cm³/mol. The molecule has 0 aliphatic carbocycles. The van der Waals surface area contributed by atoms with Crippen LogP contribution < -0.4 is 5.73 Å². The van der Waals surface area contributed by atoms with Crippen LogP contribution in [0.1, 0.15) is 66.2 Å². The van der Waals surface area contributed by atoms with E-state index in [1.165, 1.54) is 51.6 Å². The van der Waals surface area contributed by atoms with Gasteiger partial charge in [0.25, 0.3) is 0 Å². The second-order valence-electron chi connectivity index (χ2n) is 5.56. The van der Waals surface area contributed by atoms with Crippen molar-refractivity contribution in [1.82, 2.24) is 4.90 Å². The summed E-state index contributed by atoms with van der Waals surface area (Å²) < 4.78 is 0. The van der Waals surface area contributed by atoms with Gasteiger partial charge in [0.1, 0.15) is 0 Å². The molecule has 0 rings (SSSR count). The molecule has 2 heteroatoms. The van der Waals surface area contributed by atoms with Gasteiger partial charge < -0.3 is 10.6 Å². The molecule has 17 heavy (non-hydrogen) atoms. The first-order chi connectivity index (χ1) is 8.15. The topological polar surface area (TPSA) is 29.3 Å². The van der Waals surface area contributed by atoms with E-state index in [0.29, 0.717) is 0 Å². The monoisotopic (exact) mass is 242 g/mol. The van der Waals surface area contributed by atoms with Gasteiger partial charge in [-0.05, 0) is 44.7 Å². The fraction of sp³-hybridized carbons (Fsp3) is 1.00. The smallest absolute Gasteiger partial charge is 0.00901 e. The molecular weight excluding hydrogens is 208 g/mol. The minimum Gasteiger partial charge on any atom is -0.330 e. The average Bonchev–Trinajstić information content (AvgIpc) is 2.29. The van der Waals surface area contributed by atoms with Crippen LogP contribution in [-0.4, -0.2) is 30.6 Å². The maximum absolute atomic E-state index is 5.52. The highest BCUT2D eigenvalue weighted by Crippen LogP contribution is 2.13. The van der Waals surface area contributed by atoms with E-state index in [9.17, 15) is 0 Å². The Balaban J connectivity index is 3.92. The Morgan fingerprint density at radius 2 is 1.53 bits per heavy atom. The third kappa shape index (κ3) is 8.62. The Kier molecular flexibility index (Phi) is 11.0. The van der Waals surface area contributed by atoms with Crippen LogP contribution in [0.2, 0.25) is 0 Å². The lowest BCUT2D eigenvalue weighted by Crippen LogP contribution is -2.38. The summed E-state index contributed by atoms with van der Waals surface area (Å²) in [7, 11) is 0. The molecule has 0 aromatic heterocycles. The zero-order valence-electron chi connectivity index (χ0n) is 12.5. The maximum atomic E-state index is 5.52. The first-order valence-corrected chi connectivity index (χ1v) is 7.59. The normalized spacial score (nSPS) is 12.0. The standard InChI is InChI=1S/C15H34N2/c1-5-15(6-2)17(13-14(3)4)12-10-8-7-9-11-16/h14-15H,5-13,16H2,1-4H3. The number of rotatable bonds is 11. The van der Waals surface area contributed by atoms with Crippen LogP contribution in [0.5, 0.6) is 0 Å². The van der Waals surface area contributed by atoms with E-state index in [-0.39, 0.29) is 0 Å². The van der Waals surface area contributed by atoms with E-state index in [1.807, 2.05) is 0 Å². The van der Waals surface area contributed by atoms with Crippen molar-refractivity contribution in [2.24, 2.45) is 11.7 Å².